The molecule has 6 heteroatoms. The van der Waals surface area contributed by atoms with Crippen molar-refractivity contribution >= 4 is 11.6 Å². The first-order valence-corrected chi connectivity index (χ1v) is 6.13. The number of nitrogens with zero attached hydrogens (tertiary/aromatic N) is 1. The van der Waals surface area contributed by atoms with E-state index in [0.29, 0.717) is 23.6 Å². The van der Waals surface area contributed by atoms with Crippen molar-refractivity contribution in [3.8, 4) is 0 Å². The van der Waals surface area contributed by atoms with Crippen LogP contribution in [0.3, 0.4) is 0 Å². The third kappa shape index (κ3) is 4.33. The van der Waals surface area contributed by atoms with Gasteiger partial charge in [0.1, 0.15) is 0 Å². The maximum absolute atomic E-state index is 11.9. The van der Waals surface area contributed by atoms with Gasteiger partial charge in [-0.3, -0.25) is 14.9 Å². The highest BCUT2D eigenvalue weighted by Crippen LogP contribution is 2.19. The van der Waals surface area contributed by atoms with Crippen molar-refractivity contribution in [1.29, 1.82) is 0 Å². The second-order valence-electron chi connectivity index (χ2n) is 4.63. The van der Waals surface area contributed by atoms with Crippen molar-refractivity contribution in [3.63, 3.8) is 0 Å². The number of carbonyl (C=O) groups excluding carboxylic acids is 1. The van der Waals surface area contributed by atoms with Gasteiger partial charge in [0.05, 0.1) is 4.92 Å². The van der Waals surface area contributed by atoms with Crippen molar-refractivity contribution in [1.82, 2.24) is 10.6 Å². The van der Waals surface area contributed by atoms with Crippen LogP contribution in [0.4, 0.5) is 5.69 Å². The molecule has 104 valence electrons. The molecule has 0 aliphatic heterocycles. The zero-order valence-electron chi connectivity index (χ0n) is 11.4. The Morgan fingerprint density at radius 3 is 2.68 bits per heavy atom. The molecule has 0 fully saturated rings. The number of rotatable bonds is 6. The highest BCUT2D eigenvalue weighted by Gasteiger charge is 2.15. The Hall–Kier alpha value is -1.95. The molecular formula is C13H19N3O3. The minimum absolute atomic E-state index is 0.0316. The lowest BCUT2D eigenvalue weighted by atomic mass is 10.1. The Morgan fingerprint density at radius 1 is 1.42 bits per heavy atom. The molecule has 0 spiro atoms. The summed E-state index contributed by atoms with van der Waals surface area (Å²) in [4.78, 5) is 22.2. The molecule has 0 heterocycles. The van der Waals surface area contributed by atoms with E-state index in [2.05, 4.69) is 10.6 Å². The molecule has 1 aromatic rings. The normalized spacial score (nSPS) is 11.9. The van der Waals surface area contributed by atoms with Crippen LogP contribution in [0.2, 0.25) is 0 Å². The summed E-state index contributed by atoms with van der Waals surface area (Å²) in [7, 11) is 1.85. The Labute approximate surface area is 112 Å². The smallest absolute Gasteiger partial charge is 0.273 e. The van der Waals surface area contributed by atoms with Crippen LogP contribution in [-0.4, -0.2) is 31.0 Å². The lowest BCUT2D eigenvalue weighted by Gasteiger charge is -2.12. The van der Waals surface area contributed by atoms with Crippen molar-refractivity contribution in [2.24, 2.45) is 5.92 Å². The lowest BCUT2D eigenvalue weighted by molar-refractivity contribution is -0.385. The van der Waals surface area contributed by atoms with Crippen molar-refractivity contribution in [3.05, 3.63) is 39.4 Å². The summed E-state index contributed by atoms with van der Waals surface area (Å²) in [5, 5.41) is 16.6. The van der Waals surface area contributed by atoms with Gasteiger partial charge in [-0.25, -0.2) is 0 Å². The molecule has 0 saturated heterocycles. The third-order valence-corrected chi connectivity index (χ3v) is 2.83. The number of nitro benzene ring substituents is 1. The number of hydrogen-bond donors (Lipinski definition) is 2. The van der Waals surface area contributed by atoms with E-state index >= 15 is 0 Å². The summed E-state index contributed by atoms with van der Waals surface area (Å²) in [6.07, 6.45) is 0. The van der Waals surface area contributed by atoms with Gasteiger partial charge in [0.15, 0.2) is 0 Å². The van der Waals surface area contributed by atoms with Crippen LogP contribution in [-0.2, 0) is 0 Å². The fourth-order valence-corrected chi connectivity index (χ4v) is 1.74. The number of aryl methyl sites for hydroxylation is 1. The Kier molecular flexibility index (Phi) is 5.44. The average Bonchev–Trinajstić information content (AvgIpc) is 2.36. The monoisotopic (exact) mass is 265 g/mol. The fraction of sp³-hybridized carbons (Fsp3) is 0.462. The molecule has 0 aliphatic carbocycles. The number of nitro groups is 1. The predicted octanol–water partition coefficient (Wildman–Crippen LogP) is 1.49. The second-order valence-corrected chi connectivity index (χ2v) is 4.63. The summed E-state index contributed by atoms with van der Waals surface area (Å²) < 4.78 is 0. The van der Waals surface area contributed by atoms with E-state index in [-0.39, 0.29) is 11.6 Å². The van der Waals surface area contributed by atoms with Gasteiger partial charge in [-0.1, -0.05) is 13.0 Å². The minimum Gasteiger partial charge on any atom is -0.352 e. The van der Waals surface area contributed by atoms with E-state index in [1.807, 2.05) is 14.0 Å². The molecule has 0 aromatic heterocycles. The van der Waals surface area contributed by atoms with Gasteiger partial charge in [-0.05, 0) is 32.5 Å². The number of carbonyl (C=O) groups is 1. The number of nitrogens with one attached hydrogen (secondary N) is 2. The van der Waals surface area contributed by atoms with E-state index in [9.17, 15) is 14.9 Å². The van der Waals surface area contributed by atoms with Gasteiger partial charge in [-0.2, -0.15) is 0 Å². The zero-order chi connectivity index (χ0) is 14.4. The first-order chi connectivity index (χ1) is 8.95. The van der Waals surface area contributed by atoms with Gasteiger partial charge in [-0.15, -0.1) is 0 Å². The minimum atomic E-state index is -0.476. The molecule has 0 bridgehead atoms. The molecule has 1 amide bonds. The maximum atomic E-state index is 11.9. The molecule has 0 aliphatic rings. The highest BCUT2D eigenvalue weighted by molar-refractivity contribution is 5.94. The molecule has 19 heavy (non-hydrogen) atoms. The third-order valence-electron chi connectivity index (χ3n) is 2.83. The summed E-state index contributed by atoms with van der Waals surface area (Å²) in [5.41, 5.74) is 0.829. The van der Waals surface area contributed by atoms with Crippen molar-refractivity contribution < 1.29 is 9.72 Å². The van der Waals surface area contributed by atoms with Gasteiger partial charge in [0, 0.05) is 23.7 Å². The first kappa shape index (κ1) is 15.1. The molecule has 0 radical (unpaired) electrons. The van der Waals surface area contributed by atoms with Crippen LogP contribution in [0.15, 0.2) is 18.2 Å². The van der Waals surface area contributed by atoms with Crippen LogP contribution in [0.5, 0.6) is 0 Å². The number of amides is 1. The second kappa shape index (κ2) is 6.84. The quantitative estimate of drug-likeness (QED) is 0.603. The van der Waals surface area contributed by atoms with E-state index in [4.69, 9.17) is 0 Å². The molecule has 1 atom stereocenters. The number of benzene rings is 1. The Morgan fingerprint density at radius 2 is 2.11 bits per heavy atom. The van der Waals surface area contributed by atoms with E-state index in [1.54, 1.807) is 19.1 Å². The standard InChI is InChI=1S/C13H19N3O3/c1-9(7-14-3)8-15-13(17)11-5-4-10(2)12(6-11)16(18)19/h4-6,9,14H,7-8H2,1-3H3,(H,15,17). The van der Waals surface area contributed by atoms with Crippen molar-refractivity contribution in [2.75, 3.05) is 20.1 Å². The largest absolute Gasteiger partial charge is 0.352 e. The Bertz CT molecular complexity index is 474. The first-order valence-electron chi connectivity index (χ1n) is 6.13. The molecule has 1 rings (SSSR count). The van der Waals surface area contributed by atoms with Crippen molar-refractivity contribution in [2.45, 2.75) is 13.8 Å². The Balaban J connectivity index is 2.72. The van der Waals surface area contributed by atoms with Gasteiger partial charge in [0.2, 0.25) is 0 Å². The predicted molar refractivity (Wildman–Crippen MR) is 73.3 cm³/mol. The molecule has 2 N–H and O–H groups in total. The average molecular weight is 265 g/mol. The summed E-state index contributed by atoms with van der Waals surface area (Å²) >= 11 is 0. The van der Waals surface area contributed by atoms with Crippen LogP contribution < -0.4 is 10.6 Å². The van der Waals surface area contributed by atoms with Crippen LogP contribution in [0, 0.1) is 23.0 Å². The molecular weight excluding hydrogens is 246 g/mol. The van der Waals surface area contributed by atoms with E-state index < -0.39 is 4.92 Å². The van der Waals surface area contributed by atoms with Crippen LogP contribution in [0.1, 0.15) is 22.8 Å². The summed E-state index contributed by atoms with van der Waals surface area (Å²) in [5.74, 6) is 0.0143. The topological polar surface area (TPSA) is 84.3 Å². The SMILES string of the molecule is CNCC(C)CNC(=O)c1ccc(C)c([N+](=O)[O-])c1. The zero-order valence-corrected chi connectivity index (χ0v) is 11.4. The summed E-state index contributed by atoms with van der Waals surface area (Å²) in [6.45, 7) is 4.98. The molecule has 6 nitrogen and oxygen atoms in total. The van der Waals surface area contributed by atoms with E-state index in [1.165, 1.54) is 6.07 Å². The molecule has 1 unspecified atom stereocenters. The molecule has 1 aromatic carbocycles. The van der Waals surface area contributed by atoms with Gasteiger partial charge < -0.3 is 10.6 Å². The van der Waals surface area contributed by atoms with E-state index in [0.717, 1.165) is 6.54 Å². The van der Waals surface area contributed by atoms with Crippen LogP contribution >= 0.6 is 0 Å². The molecule has 0 saturated carbocycles. The maximum Gasteiger partial charge on any atom is 0.273 e. The van der Waals surface area contributed by atoms with Gasteiger partial charge in [0.25, 0.3) is 11.6 Å². The highest BCUT2D eigenvalue weighted by atomic mass is 16.6. The summed E-state index contributed by atoms with van der Waals surface area (Å²) in [6, 6.07) is 4.50. The lowest BCUT2D eigenvalue weighted by Crippen LogP contribution is -2.32. The fourth-order valence-electron chi connectivity index (χ4n) is 1.74. The van der Waals surface area contributed by atoms with Crippen LogP contribution in [0.25, 0.3) is 0 Å². The number of hydrogen-bond acceptors (Lipinski definition) is 4. The van der Waals surface area contributed by atoms with Gasteiger partial charge >= 0.3 is 0 Å².